The highest BCUT2D eigenvalue weighted by molar-refractivity contribution is 5.95. The minimum atomic E-state index is -4.81. The van der Waals surface area contributed by atoms with Crippen LogP contribution in [0, 0.1) is 0 Å². The van der Waals surface area contributed by atoms with Crippen LogP contribution in [-0.2, 0) is 11.2 Å². The number of nitrogens with two attached hydrogens (primary N) is 1. The van der Waals surface area contributed by atoms with Crippen molar-refractivity contribution in [1.29, 1.82) is 0 Å². The summed E-state index contributed by atoms with van der Waals surface area (Å²) in [6.45, 7) is -0.0899. The molecule has 2 atom stereocenters. The Morgan fingerprint density at radius 1 is 1.16 bits per heavy atom. The van der Waals surface area contributed by atoms with E-state index in [-0.39, 0.29) is 43.0 Å². The van der Waals surface area contributed by atoms with Crippen LogP contribution < -0.4 is 15.2 Å². The van der Waals surface area contributed by atoms with Gasteiger partial charge in [-0.2, -0.15) is 0 Å². The molecule has 1 saturated heterocycles. The number of ether oxygens (including phenoxy) is 2. The molecule has 3 N–H and O–H groups in total. The minimum absolute atomic E-state index is 0.00791. The predicted octanol–water partition coefficient (Wildman–Crippen LogP) is 2.95. The number of primary amides is 1. The fourth-order valence-corrected chi connectivity index (χ4v) is 3.31. The third kappa shape index (κ3) is 6.02. The fraction of sp³-hybridized carbons (Fsp3) is 0.333. The average molecular weight is 456 g/mol. The van der Waals surface area contributed by atoms with Crippen LogP contribution >= 0.6 is 0 Å². The Morgan fingerprint density at radius 2 is 1.84 bits per heavy atom. The van der Waals surface area contributed by atoms with Crippen molar-refractivity contribution in [3.63, 3.8) is 0 Å². The summed E-state index contributed by atoms with van der Waals surface area (Å²) in [7, 11) is 0. The van der Waals surface area contributed by atoms with Gasteiger partial charge in [-0.1, -0.05) is 12.1 Å². The SMILES string of the molecule is NC(=O)c1ccc(O)cc1O[C@@H]1CCN(C(=O)Cc2ccc(OC(F)(F)F)cc2)C[C@H]1F. The van der Waals surface area contributed by atoms with Gasteiger partial charge < -0.3 is 25.2 Å². The van der Waals surface area contributed by atoms with Gasteiger partial charge in [0.05, 0.1) is 18.5 Å². The number of aromatic hydroxyl groups is 1. The van der Waals surface area contributed by atoms with E-state index in [1.807, 2.05) is 0 Å². The largest absolute Gasteiger partial charge is 0.573 e. The lowest BCUT2D eigenvalue weighted by Gasteiger charge is -2.35. The van der Waals surface area contributed by atoms with Crippen LogP contribution in [0.4, 0.5) is 17.6 Å². The van der Waals surface area contributed by atoms with Crippen LogP contribution in [0.25, 0.3) is 0 Å². The minimum Gasteiger partial charge on any atom is -0.508 e. The number of hydrogen-bond acceptors (Lipinski definition) is 5. The van der Waals surface area contributed by atoms with E-state index < -0.39 is 36.2 Å². The second-order valence-electron chi connectivity index (χ2n) is 7.21. The van der Waals surface area contributed by atoms with Crippen LogP contribution in [-0.4, -0.2) is 53.5 Å². The summed E-state index contributed by atoms with van der Waals surface area (Å²) < 4.78 is 60.7. The first-order valence-electron chi connectivity index (χ1n) is 9.58. The molecule has 0 unspecified atom stereocenters. The normalized spacial score (nSPS) is 18.8. The monoisotopic (exact) mass is 456 g/mol. The van der Waals surface area contributed by atoms with Gasteiger partial charge in [0.25, 0.3) is 5.91 Å². The van der Waals surface area contributed by atoms with Gasteiger partial charge in [0.1, 0.15) is 23.4 Å². The summed E-state index contributed by atoms with van der Waals surface area (Å²) >= 11 is 0. The van der Waals surface area contributed by atoms with Crippen molar-refractivity contribution in [2.24, 2.45) is 5.73 Å². The predicted molar refractivity (Wildman–Crippen MR) is 104 cm³/mol. The second-order valence-corrected chi connectivity index (χ2v) is 7.21. The number of nitrogens with zero attached hydrogens (tertiary/aromatic N) is 1. The molecule has 0 saturated carbocycles. The standard InChI is InChI=1S/C21H20F4N2O5/c22-16-11-27(19(29)9-12-1-4-14(5-2-12)32-21(23,24)25)8-7-17(16)31-18-10-13(28)3-6-15(18)20(26)30/h1-6,10,16-17,28H,7-9,11H2,(H2,26,30)/t16-,17-/m1/s1. The van der Waals surface area contributed by atoms with Gasteiger partial charge in [0.2, 0.25) is 5.91 Å². The van der Waals surface area contributed by atoms with E-state index in [0.717, 1.165) is 18.2 Å². The molecule has 0 aromatic heterocycles. The number of benzene rings is 2. The topological polar surface area (TPSA) is 102 Å². The second kappa shape index (κ2) is 9.33. The first-order valence-corrected chi connectivity index (χ1v) is 9.58. The summed E-state index contributed by atoms with van der Waals surface area (Å²) in [4.78, 5) is 25.3. The zero-order chi connectivity index (χ0) is 23.5. The Hall–Kier alpha value is -3.50. The summed E-state index contributed by atoms with van der Waals surface area (Å²) in [5.41, 5.74) is 5.71. The Morgan fingerprint density at radius 3 is 2.44 bits per heavy atom. The maximum absolute atomic E-state index is 14.7. The van der Waals surface area contributed by atoms with Crippen molar-refractivity contribution in [3.8, 4) is 17.2 Å². The van der Waals surface area contributed by atoms with Gasteiger partial charge in [-0.15, -0.1) is 13.2 Å². The van der Waals surface area contributed by atoms with E-state index >= 15 is 0 Å². The molecule has 2 aromatic carbocycles. The van der Waals surface area contributed by atoms with E-state index in [1.54, 1.807) is 0 Å². The number of phenols is 1. The van der Waals surface area contributed by atoms with Crippen molar-refractivity contribution in [2.45, 2.75) is 31.5 Å². The summed E-state index contributed by atoms with van der Waals surface area (Å²) in [5.74, 6) is -1.83. The van der Waals surface area contributed by atoms with Crippen molar-refractivity contribution in [1.82, 2.24) is 4.90 Å². The van der Waals surface area contributed by atoms with Gasteiger partial charge >= 0.3 is 6.36 Å². The van der Waals surface area contributed by atoms with E-state index in [1.165, 1.54) is 29.2 Å². The molecule has 0 bridgehead atoms. The van der Waals surface area contributed by atoms with Crippen LogP contribution in [0.5, 0.6) is 17.2 Å². The molecule has 32 heavy (non-hydrogen) atoms. The molecule has 11 heteroatoms. The Balaban J connectivity index is 1.58. The highest BCUT2D eigenvalue weighted by Gasteiger charge is 2.34. The number of halogens is 4. The van der Waals surface area contributed by atoms with Crippen LogP contribution in [0.3, 0.4) is 0 Å². The van der Waals surface area contributed by atoms with E-state index in [4.69, 9.17) is 10.5 Å². The molecule has 0 aliphatic carbocycles. The van der Waals surface area contributed by atoms with Crippen LogP contribution in [0.1, 0.15) is 22.3 Å². The highest BCUT2D eigenvalue weighted by atomic mass is 19.4. The third-order valence-corrected chi connectivity index (χ3v) is 4.86. The molecular formula is C21H20F4N2O5. The van der Waals surface area contributed by atoms with Gasteiger partial charge in [0, 0.05) is 19.0 Å². The van der Waals surface area contributed by atoms with Crippen LogP contribution in [0.15, 0.2) is 42.5 Å². The first-order chi connectivity index (χ1) is 15.0. The molecule has 0 spiro atoms. The Labute approximate surface area is 180 Å². The number of hydrogen-bond donors (Lipinski definition) is 2. The summed E-state index contributed by atoms with van der Waals surface area (Å²) in [6.07, 6.45) is -7.34. The molecule has 1 heterocycles. The third-order valence-electron chi connectivity index (χ3n) is 4.86. The smallest absolute Gasteiger partial charge is 0.508 e. The fourth-order valence-electron chi connectivity index (χ4n) is 3.31. The number of alkyl halides is 4. The molecule has 0 radical (unpaired) electrons. The molecular weight excluding hydrogens is 436 g/mol. The number of phenolic OH excluding ortho intramolecular Hbond substituents is 1. The zero-order valence-electron chi connectivity index (χ0n) is 16.6. The number of rotatable bonds is 6. The number of carbonyl (C=O) groups is 2. The maximum Gasteiger partial charge on any atom is 0.573 e. The Bertz CT molecular complexity index is 981. The number of piperidine rings is 1. The Kier molecular flexibility index (Phi) is 6.75. The van der Waals surface area contributed by atoms with Crippen molar-refractivity contribution in [3.05, 3.63) is 53.6 Å². The molecule has 7 nitrogen and oxygen atoms in total. The molecule has 2 amide bonds. The lowest BCUT2D eigenvalue weighted by Crippen LogP contribution is -2.49. The molecule has 172 valence electrons. The lowest BCUT2D eigenvalue weighted by molar-refractivity contribution is -0.274. The van der Waals surface area contributed by atoms with Crippen molar-refractivity contribution < 1.29 is 41.7 Å². The number of carbonyl (C=O) groups excluding carboxylic acids is 2. The quantitative estimate of drug-likeness (QED) is 0.651. The van der Waals surface area contributed by atoms with Crippen LogP contribution in [0.2, 0.25) is 0 Å². The molecule has 1 aliphatic heterocycles. The van der Waals surface area contributed by atoms with E-state index in [2.05, 4.69) is 4.74 Å². The molecule has 1 aliphatic rings. The van der Waals surface area contributed by atoms with E-state index in [9.17, 15) is 32.3 Å². The molecule has 2 aromatic rings. The van der Waals surface area contributed by atoms with Gasteiger partial charge in [-0.3, -0.25) is 9.59 Å². The lowest BCUT2D eigenvalue weighted by atomic mass is 10.0. The first kappa shape index (κ1) is 23.2. The van der Waals surface area contributed by atoms with Crippen molar-refractivity contribution in [2.75, 3.05) is 13.1 Å². The number of likely N-dealkylation sites (tertiary alicyclic amines) is 1. The maximum atomic E-state index is 14.7. The molecule has 1 fully saturated rings. The number of amides is 2. The van der Waals surface area contributed by atoms with Gasteiger partial charge in [0.15, 0.2) is 6.17 Å². The zero-order valence-corrected chi connectivity index (χ0v) is 16.6. The van der Waals surface area contributed by atoms with Gasteiger partial charge in [-0.05, 0) is 29.8 Å². The van der Waals surface area contributed by atoms with E-state index in [0.29, 0.717) is 5.56 Å². The molecule has 3 rings (SSSR count). The highest BCUT2D eigenvalue weighted by Crippen LogP contribution is 2.28. The van der Waals surface area contributed by atoms with Gasteiger partial charge in [-0.25, -0.2) is 4.39 Å². The average Bonchev–Trinajstić information content (AvgIpc) is 2.69. The summed E-state index contributed by atoms with van der Waals surface area (Å²) in [6, 6.07) is 8.53. The summed E-state index contributed by atoms with van der Waals surface area (Å²) in [5, 5.41) is 9.60. The van der Waals surface area contributed by atoms with Crippen molar-refractivity contribution >= 4 is 11.8 Å².